The van der Waals surface area contributed by atoms with E-state index in [0.29, 0.717) is 28.1 Å². The number of ketones is 1. The van der Waals surface area contributed by atoms with Gasteiger partial charge in [-0.1, -0.05) is 12.1 Å². The number of ether oxygens (including phenoxy) is 2. The van der Waals surface area contributed by atoms with E-state index in [1.54, 1.807) is 31.4 Å². The average Bonchev–Trinajstić information content (AvgIpc) is 2.61. The van der Waals surface area contributed by atoms with Gasteiger partial charge in [-0.25, -0.2) is 0 Å². The molecule has 0 aliphatic heterocycles. The molecule has 3 rings (SSSR count). The van der Waals surface area contributed by atoms with Crippen LogP contribution < -0.4 is 14.9 Å². The molecule has 5 heteroatoms. The van der Waals surface area contributed by atoms with Crippen LogP contribution in [0.15, 0.2) is 53.3 Å². The Morgan fingerprint density at radius 2 is 1.75 bits per heavy atom. The topological polar surface area (TPSA) is 68.4 Å². The molecule has 0 saturated carbocycles. The Bertz CT molecular complexity index is 959. The molecular formula is C19H17NO4. The molecule has 0 fully saturated rings. The minimum absolute atomic E-state index is 0.0977. The highest BCUT2D eigenvalue weighted by atomic mass is 16.5. The maximum Gasteiger partial charge on any atom is 0.189 e. The molecular weight excluding hydrogens is 306 g/mol. The van der Waals surface area contributed by atoms with Gasteiger partial charge in [0.25, 0.3) is 0 Å². The van der Waals surface area contributed by atoms with Crippen molar-refractivity contribution >= 4 is 16.7 Å². The van der Waals surface area contributed by atoms with Crippen molar-refractivity contribution in [2.45, 2.75) is 6.42 Å². The summed E-state index contributed by atoms with van der Waals surface area (Å²) in [6.45, 7) is 0. The second kappa shape index (κ2) is 6.58. The number of aromatic amines is 1. The van der Waals surface area contributed by atoms with Gasteiger partial charge >= 0.3 is 0 Å². The number of para-hydroxylation sites is 1. The van der Waals surface area contributed by atoms with Crippen LogP contribution in [-0.2, 0) is 6.42 Å². The first kappa shape index (κ1) is 15.8. The summed E-state index contributed by atoms with van der Waals surface area (Å²) in [5, 5.41) is 0.611. The van der Waals surface area contributed by atoms with Crippen molar-refractivity contribution in [3.8, 4) is 11.5 Å². The van der Waals surface area contributed by atoms with Gasteiger partial charge in [0.15, 0.2) is 22.7 Å². The third kappa shape index (κ3) is 3.01. The number of aromatic nitrogens is 1. The Hall–Kier alpha value is -3.08. The molecule has 1 heterocycles. The van der Waals surface area contributed by atoms with E-state index in [2.05, 4.69) is 4.98 Å². The van der Waals surface area contributed by atoms with Gasteiger partial charge in [0.2, 0.25) is 0 Å². The molecule has 3 aromatic rings. The molecule has 0 spiro atoms. The van der Waals surface area contributed by atoms with Gasteiger partial charge in [-0.05, 0) is 30.3 Å². The van der Waals surface area contributed by atoms with E-state index >= 15 is 0 Å². The molecule has 0 unspecified atom stereocenters. The van der Waals surface area contributed by atoms with Crippen molar-refractivity contribution in [1.29, 1.82) is 0 Å². The maximum absolute atomic E-state index is 12.5. The second-order valence-corrected chi connectivity index (χ2v) is 5.37. The molecule has 0 radical (unpaired) electrons. The van der Waals surface area contributed by atoms with Crippen molar-refractivity contribution in [2.24, 2.45) is 0 Å². The number of carbonyl (C=O) groups excluding carboxylic acids is 1. The van der Waals surface area contributed by atoms with Gasteiger partial charge in [-0.2, -0.15) is 0 Å². The molecule has 0 aliphatic carbocycles. The SMILES string of the molecule is COc1ccc(C(=O)Cc2cc(=O)c3ccccc3[nH]2)cc1OC. The maximum atomic E-state index is 12.5. The fourth-order valence-corrected chi connectivity index (χ4v) is 2.63. The number of hydrogen-bond acceptors (Lipinski definition) is 4. The number of rotatable bonds is 5. The summed E-state index contributed by atoms with van der Waals surface area (Å²) in [6, 6.07) is 13.7. The van der Waals surface area contributed by atoms with E-state index in [4.69, 9.17) is 9.47 Å². The van der Waals surface area contributed by atoms with Crippen LogP contribution in [0.2, 0.25) is 0 Å². The molecule has 5 nitrogen and oxygen atoms in total. The first-order valence-corrected chi connectivity index (χ1v) is 7.48. The number of fused-ring (bicyclic) bond motifs is 1. The van der Waals surface area contributed by atoms with Crippen LogP contribution in [0.25, 0.3) is 10.9 Å². The van der Waals surface area contributed by atoms with Crippen LogP contribution in [0.1, 0.15) is 16.1 Å². The number of hydrogen-bond donors (Lipinski definition) is 1. The van der Waals surface area contributed by atoms with Gasteiger partial charge in [0, 0.05) is 28.2 Å². The summed E-state index contributed by atoms with van der Waals surface area (Å²) in [5.41, 5.74) is 1.71. The van der Waals surface area contributed by atoms with E-state index in [9.17, 15) is 9.59 Å². The van der Waals surface area contributed by atoms with E-state index in [-0.39, 0.29) is 17.6 Å². The molecule has 1 aromatic heterocycles. The van der Waals surface area contributed by atoms with Crippen LogP contribution in [0, 0.1) is 0 Å². The molecule has 24 heavy (non-hydrogen) atoms. The third-order valence-electron chi connectivity index (χ3n) is 3.85. The lowest BCUT2D eigenvalue weighted by atomic mass is 10.0. The summed E-state index contributed by atoms with van der Waals surface area (Å²) in [6.07, 6.45) is 0.107. The van der Waals surface area contributed by atoms with Crippen LogP contribution in [0.3, 0.4) is 0 Å². The number of Topliss-reactive ketones (excluding diaryl/α,β-unsaturated/α-hetero) is 1. The zero-order valence-corrected chi connectivity index (χ0v) is 13.5. The zero-order chi connectivity index (χ0) is 17.1. The van der Waals surface area contributed by atoms with E-state index in [0.717, 1.165) is 5.52 Å². The third-order valence-corrected chi connectivity index (χ3v) is 3.85. The van der Waals surface area contributed by atoms with Crippen LogP contribution >= 0.6 is 0 Å². The summed E-state index contributed by atoms with van der Waals surface area (Å²) in [7, 11) is 3.06. The smallest absolute Gasteiger partial charge is 0.189 e. The Morgan fingerprint density at radius 1 is 1.00 bits per heavy atom. The molecule has 0 bridgehead atoms. The normalized spacial score (nSPS) is 10.6. The Labute approximate surface area is 138 Å². The standard InChI is InChI=1S/C19H17NO4/c1-23-18-8-7-12(9-19(18)24-2)16(21)10-13-11-17(22)14-5-3-4-6-15(14)20-13/h3-9,11H,10H2,1-2H3,(H,20,22). The number of pyridine rings is 1. The van der Waals surface area contributed by atoms with Gasteiger partial charge < -0.3 is 14.5 Å². The zero-order valence-electron chi connectivity index (χ0n) is 13.5. The van der Waals surface area contributed by atoms with E-state index < -0.39 is 0 Å². The first-order chi connectivity index (χ1) is 11.6. The number of nitrogens with one attached hydrogen (secondary N) is 1. The number of methoxy groups -OCH3 is 2. The highest BCUT2D eigenvalue weighted by molar-refractivity contribution is 5.98. The Kier molecular flexibility index (Phi) is 4.33. The number of benzene rings is 2. The Morgan fingerprint density at radius 3 is 2.50 bits per heavy atom. The lowest BCUT2D eigenvalue weighted by molar-refractivity contribution is 0.0991. The van der Waals surface area contributed by atoms with E-state index in [1.807, 2.05) is 18.2 Å². The van der Waals surface area contributed by atoms with Crippen LogP contribution in [0.4, 0.5) is 0 Å². The van der Waals surface area contributed by atoms with Crippen LogP contribution in [-0.4, -0.2) is 25.0 Å². The second-order valence-electron chi connectivity index (χ2n) is 5.37. The van der Waals surface area contributed by atoms with Crippen molar-refractivity contribution in [2.75, 3.05) is 14.2 Å². The highest BCUT2D eigenvalue weighted by Crippen LogP contribution is 2.28. The van der Waals surface area contributed by atoms with Gasteiger partial charge in [0.05, 0.1) is 20.6 Å². The predicted octanol–water partition coefficient (Wildman–Crippen LogP) is 2.97. The largest absolute Gasteiger partial charge is 0.493 e. The molecule has 2 aromatic carbocycles. The molecule has 122 valence electrons. The fourth-order valence-electron chi connectivity index (χ4n) is 2.63. The Balaban J connectivity index is 1.91. The fraction of sp³-hybridized carbons (Fsp3) is 0.158. The lowest BCUT2D eigenvalue weighted by Crippen LogP contribution is -2.10. The molecule has 0 saturated heterocycles. The monoisotopic (exact) mass is 323 g/mol. The van der Waals surface area contributed by atoms with Gasteiger partial charge in [-0.3, -0.25) is 9.59 Å². The minimum Gasteiger partial charge on any atom is -0.493 e. The summed E-state index contributed by atoms with van der Waals surface area (Å²) in [5.74, 6) is 0.949. The van der Waals surface area contributed by atoms with Crippen molar-refractivity contribution in [1.82, 2.24) is 4.98 Å². The van der Waals surface area contributed by atoms with Crippen LogP contribution in [0.5, 0.6) is 11.5 Å². The minimum atomic E-state index is -0.109. The van der Waals surface area contributed by atoms with E-state index in [1.165, 1.54) is 13.2 Å². The summed E-state index contributed by atoms with van der Waals surface area (Å²) in [4.78, 5) is 27.8. The van der Waals surface area contributed by atoms with Crippen molar-refractivity contribution in [3.05, 3.63) is 70.0 Å². The molecule has 1 N–H and O–H groups in total. The number of carbonyl (C=O) groups is 1. The molecule has 0 atom stereocenters. The average molecular weight is 323 g/mol. The summed E-state index contributed by atoms with van der Waals surface area (Å²) < 4.78 is 10.4. The van der Waals surface area contributed by atoms with Gasteiger partial charge in [-0.15, -0.1) is 0 Å². The van der Waals surface area contributed by atoms with Crippen molar-refractivity contribution in [3.63, 3.8) is 0 Å². The summed E-state index contributed by atoms with van der Waals surface area (Å²) >= 11 is 0. The lowest BCUT2D eigenvalue weighted by Gasteiger charge is -2.09. The van der Waals surface area contributed by atoms with Crippen molar-refractivity contribution < 1.29 is 14.3 Å². The first-order valence-electron chi connectivity index (χ1n) is 7.48. The quantitative estimate of drug-likeness (QED) is 0.733. The molecule has 0 aliphatic rings. The predicted molar refractivity (Wildman–Crippen MR) is 92.1 cm³/mol. The van der Waals surface area contributed by atoms with Gasteiger partial charge in [0.1, 0.15) is 0 Å². The highest BCUT2D eigenvalue weighted by Gasteiger charge is 2.12. The molecule has 0 amide bonds. The number of H-pyrrole nitrogens is 1.